The smallest absolute Gasteiger partial charge is 0.254 e. The lowest BCUT2D eigenvalue weighted by molar-refractivity contribution is 0.0948. The number of carbonyl (C=O) groups excluding carboxylic acids is 1. The van der Waals surface area contributed by atoms with Crippen molar-refractivity contribution in [1.82, 2.24) is 5.32 Å². The van der Waals surface area contributed by atoms with Crippen molar-refractivity contribution in [1.29, 1.82) is 0 Å². The largest absolute Gasteiger partial charge is 0.351 e. The average Bonchev–Trinajstić information content (AvgIpc) is 2.29. The highest BCUT2D eigenvalue weighted by Crippen LogP contribution is 2.18. The molecule has 0 fully saturated rings. The second kappa shape index (κ2) is 6.50. The molecule has 0 aliphatic carbocycles. The zero-order chi connectivity index (χ0) is 13.0. The third kappa shape index (κ3) is 4.07. The van der Waals surface area contributed by atoms with Gasteiger partial charge in [-0.3, -0.25) is 4.79 Å². The van der Waals surface area contributed by atoms with Crippen LogP contribution in [0.3, 0.4) is 0 Å². The van der Waals surface area contributed by atoms with Gasteiger partial charge in [-0.25, -0.2) is 4.39 Å². The molecule has 0 aliphatic heterocycles. The molecule has 1 unspecified atom stereocenters. The van der Waals surface area contributed by atoms with E-state index in [1.165, 1.54) is 6.07 Å². The molecule has 0 aliphatic rings. The van der Waals surface area contributed by atoms with Crippen LogP contribution < -0.4 is 5.32 Å². The van der Waals surface area contributed by atoms with Crippen LogP contribution in [0.1, 0.15) is 24.2 Å². The van der Waals surface area contributed by atoms with E-state index in [2.05, 4.69) is 37.2 Å². The minimum atomic E-state index is -0.527. The molecule has 1 aromatic rings. The third-order valence-electron chi connectivity index (χ3n) is 2.38. The van der Waals surface area contributed by atoms with Crippen LogP contribution in [0.2, 0.25) is 0 Å². The molecule has 1 rings (SSSR count). The van der Waals surface area contributed by atoms with Crippen molar-refractivity contribution in [3.63, 3.8) is 0 Å². The molecule has 0 saturated heterocycles. The van der Waals surface area contributed by atoms with Crippen LogP contribution in [0.15, 0.2) is 22.7 Å². The Morgan fingerprint density at radius 3 is 2.71 bits per heavy atom. The molecule has 17 heavy (non-hydrogen) atoms. The average molecular weight is 367 g/mol. The number of hydrogen-bond acceptors (Lipinski definition) is 1. The topological polar surface area (TPSA) is 29.1 Å². The summed E-state index contributed by atoms with van der Waals surface area (Å²) in [5.74, 6) is -0.516. The Bertz CT molecular complexity index is 409. The third-order valence-corrected chi connectivity index (χ3v) is 4.37. The van der Waals surface area contributed by atoms with E-state index in [-0.39, 0.29) is 10.4 Å². The molecule has 1 atom stereocenters. The van der Waals surface area contributed by atoms with Crippen molar-refractivity contribution in [2.75, 3.05) is 6.54 Å². The Balaban J connectivity index is 2.68. The normalized spacial score (nSPS) is 12.6. The van der Waals surface area contributed by atoms with E-state index in [1.807, 2.05) is 13.8 Å². The molecule has 0 spiro atoms. The molecule has 5 heteroatoms. The maximum absolute atomic E-state index is 13.6. The maximum atomic E-state index is 13.6. The summed E-state index contributed by atoms with van der Waals surface area (Å²) in [4.78, 5) is 11.9. The molecular weight excluding hydrogens is 353 g/mol. The van der Waals surface area contributed by atoms with Crippen LogP contribution in [0.25, 0.3) is 0 Å². The van der Waals surface area contributed by atoms with E-state index in [9.17, 15) is 9.18 Å². The van der Waals surface area contributed by atoms with Gasteiger partial charge in [0, 0.05) is 11.4 Å². The highest BCUT2D eigenvalue weighted by atomic mass is 79.9. The summed E-state index contributed by atoms with van der Waals surface area (Å²) >= 11 is 6.51. The van der Waals surface area contributed by atoms with Gasteiger partial charge in [-0.2, -0.15) is 0 Å². The predicted octanol–water partition coefficient (Wildman–Crippen LogP) is 3.74. The van der Waals surface area contributed by atoms with Crippen molar-refractivity contribution in [3.05, 3.63) is 34.1 Å². The highest BCUT2D eigenvalue weighted by Gasteiger charge is 2.15. The Morgan fingerprint density at radius 1 is 1.47 bits per heavy atom. The van der Waals surface area contributed by atoms with Gasteiger partial charge in [0.15, 0.2) is 0 Å². The second-order valence-corrected chi connectivity index (χ2v) is 6.10. The van der Waals surface area contributed by atoms with Crippen LogP contribution in [0, 0.1) is 11.7 Å². The molecule has 0 heterocycles. The first-order chi connectivity index (χ1) is 7.93. The summed E-state index contributed by atoms with van der Waals surface area (Å²) in [5.41, 5.74) is 0.0582. The molecule has 1 N–H and O–H groups in total. The first-order valence-electron chi connectivity index (χ1n) is 5.29. The summed E-state index contributed by atoms with van der Waals surface area (Å²) in [6, 6.07) is 4.66. The number of benzene rings is 1. The van der Waals surface area contributed by atoms with Crippen molar-refractivity contribution in [3.8, 4) is 0 Å². The fraction of sp³-hybridized carbons (Fsp3) is 0.417. The minimum absolute atomic E-state index is 0.0582. The molecular formula is C12H14Br2FNO. The number of alkyl halides is 1. The van der Waals surface area contributed by atoms with Crippen molar-refractivity contribution in [2.45, 2.75) is 18.7 Å². The SMILES string of the molecule is CC(C)C(Br)CNC(=O)c1cccc(Br)c1F. The highest BCUT2D eigenvalue weighted by molar-refractivity contribution is 9.10. The Labute approximate surface area is 117 Å². The standard InChI is InChI=1S/C12H14Br2FNO/c1-7(2)10(14)6-16-12(17)8-4-3-5-9(13)11(8)15/h3-5,7,10H,6H2,1-2H3,(H,16,17). The zero-order valence-electron chi connectivity index (χ0n) is 9.64. The maximum Gasteiger partial charge on any atom is 0.254 e. The van der Waals surface area contributed by atoms with Gasteiger partial charge in [0.2, 0.25) is 0 Å². The number of halogens is 3. The zero-order valence-corrected chi connectivity index (χ0v) is 12.8. The van der Waals surface area contributed by atoms with Gasteiger partial charge in [0.25, 0.3) is 5.91 Å². The number of nitrogens with one attached hydrogen (secondary N) is 1. The lowest BCUT2D eigenvalue weighted by atomic mass is 10.1. The van der Waals surface area contributed by atoms with Crippen LogP contribution in [-0.2, 0) is 0 Å². The van der Waals surface area contributed by atoms with Crippen molar-refractivity contribution in [2.24, 2.45) is 5.92 Å². The number of rotatable bonds is 4. The molecule has 0 bridgehead atoms. The van der Waals surface area contributed by atoms with Gasteiger partial charge in [-0.1, -0.05) is 35.8 Å². The van der Waals surface area contributed by atoms with Crippen LogP contribution in [0.5, 0.6) is 0 Å². The van der Waals surface area contributed by atoms with E-state index in [1.54, 1.807) is 12.1 Å². The van der Waals surface area contributed by atoms with Crippen LogP contribution >= 0.6 is 31.9 Å². The first-order valence-corrected chi connectivity index (χ1v) is 7.00. The summed E-state index contributed by atoms with van der Waals surface area (Å²) in [5, 5.41) is 2.70. The van der Waals surface area contributed by atoms with E-state index in [0.717, 1.165) is 0 Å². The van der Waals surface area contributed by atoms with Gasteiger partial charge < -0.3 is 5.32 Å². The van der Waals surface area contributed by atoms with Crippen molar-refractivity contribution < 1.29 is 9.18 Å². The minimum Gasteiger partial charge on any atom is -0.351 e. The second-order valence-electron chi connectivity index (χ2n) is 4.07. The fourth-order valence-electron chi connectivity index (χ4n) is 1.20. The van der Waals surface area contributed by atoms with Gasteiger partial charge in [0.05, 0.1) is 10.0 Å². The van der Waals surface area contributed by atoms with Crippen LogP contribution in [-0.4, -0.2) is 17.3 Å². The van der Waals surface area contributed by atoms with Gasteiger partial charge in [0.1, 0.15) is 5.82 Å². The van der Waals surface area contributed by atoms with Crippen molar-refractivity contribution >= 4 is 37.8 Å². The van der Waals surface area contributed by atoms with E-state index >= 15 is 0 Å². The Morgan fingerprint density at radius 2 is 2.12 bits per heavy atom. The van der Waals surface area contributed by atoms with E-state index in [0.29, 0.717) is 16.9 Å². The number of carbonyl (C=O) groups is 1. The fourth-order valence-corrected chi connectivity index (χ4v) is 1.73. The molecule has 0 aromatic heterocycles. The molecule has 1 aromatic carbocycles. The number of hydrogen-bond donors (Lipinski definition) is 1. The van der Waals surface area contributed by atoms with Gasteiger partial charge in [-0.05, 0) is 34.0 Å². The van der Waals surface area contributed by atoms with Gasteiger partial charge >= 0.3 is 0 Å². The van der Waals surface area contributed by atoms with Gasteiger partial charge in [-0.15, -0.1) is 0 Å². The summed E-state index contributed by atoms with van der Waals surface area (Å²) in [6.45, 7) is 4.57. The molecule has 94 valence electrons. The predicted molar refractivity (Wildman–Crippen MR) is 74.0 cm³/mol. The Kier molecular flexibility index (Phi) is 5.59. The Hall–Kier alpha value is -0.420. The lowest BCUT2D eigenvalue weighted by Gasteiger charge is -2.14. The molecule has 1 amide bonds. The number of amides is 1. The first kappa shape index (κ1) is 14.6. The van der Waals surface area contributed by atoms with Crippen LogP contribution in [0.4, 0.5) is 4.39 Å². The van der Waals surface area contributed by atoms with E-state index in [4.69, 9.17) is 0 Å². The summed E-state index contributed by atoms with van der Waals surface area (Å²) in [6.07, 6.45) is 0. The molecule has 0 saturated carbocycles. The molecule has 0 radical (unpaired) electrons. The lowest BCUT2D eigenvalue weighted by Crippen LogP contribution is -2.32. The monoisotopic (exact) mass is 365 g/mol. The van der Waals surface area contributed by atoms with E-state index < -0.39 is 11.7 Å². The summed E-state index contributed by atoms with van der Waals surface area (Å²) < 4.78 is 13.9. The quantitative estimate of drug-likeness (QED) is 0.808. The summed E-state index contributed by atoms with van der Waals surface area (Å²) in [7, 11) is 0. The molecule has 2 nitrogen and oxygen atoms in total.